The van der Waals surface area contributed by atoms with E-state index in [2.05, 4.69) is 5.32 Å². The highest BCUT2D eigenvalue weighted by Gasteiger charge is 2.37. The molecule has 2 aromatic rings. The second-order valence-corrected chi connectivity index (χ2v) is 7.16. The fraction of sp³-hybridized carbons (Fsp3) is 0.333. The monoisotopic (exact) mass is 418 g/mol. The molecule has 3 rings (SSSR count). The Labute approximate surface area is 174 Å². The van der Waals surface area contributed by atoms with Crippen molar-refractivity contribution in [2.75, 3.05) is 38.1 Å². The summed E-state index contributed by atoms with van der Waals surface area (Å²) in [6.07, 6.45) is 0.0900. The molecule has 0 radical (unpaired) electrons. The first-order valence-electron chi connectivity index (χ1n) is 9.05. The zero-order valence-electron chi connectivity index (χ0n) is 16.7. The smallest absolute Gasteiger partial charge is 0.229 e. The Kier molecular flexibility index (Phi) is 6.17. The Morgan fingerprint density at radius 3 is 2.41 bits per heavy atom. The average Bonchev–Trinajstić information content (AvgIpc) is 3.09. The van der Waals surface area contributed by atoms with Crippen molar-refractivity contribution in [1.82, 2.24) is 0 Å². The Bertz CT molecular complexity index is 947. The van der Waals surface area contributed by atoms with Crippen LogP contribution in [0.1, 0.15) is 12.0 Å². The number of nitrogens with zero attached hydrogens (tertiary/aromatic N) is 1. The highest BCUT2D eigenvalue weighted by Crippen LogP contribution is 2.40. The normalized spacial score (nSPS) is 16.0. The third kappa shape index (κ3) is 4.24. The summed E-state index contributed by atoms with van der Waals surface area (Å²) in [4.78, 5) is 27.0. The summed E-state index contributed by atoms with van der Waals surface area (Å²) in [7, 11) is 4.54. The molecule has 1 N–H and O–H groups in total. The number of carbonyl (C=O) groups excluding carboxylic acids is 2. The second-order valence-electron chi connectivity index (χ2n) is 6.76. The lowest BCUT2D eigenvalue weighted by atomic mass is 10.1. The molecule has 0 aliphatic carbocycles. The lowest BCUT2D eigenvalue weighted by Gasteiger charge is -2.21. The number of hydrogen-bond acceptors (Lipinski definition) is 5. The van der Waals surface area contributed by atoms with E-state index in [0.29, 0.717) is 33.6 Å². The zero-order chi connectivity index (χ0) is 21.1. The van der Waals surface area contributed by atoms with Gasteiger partial charge in [0, 0.05) is 19.0 Å². The summed E-state index contributed by atoms with van der Waals surface area (Å²) in [6.45, 7) is 2.15. The van der Waals surface area contributed by atoms with Crippen LogP contribution in [0.15, 0.2) is 30.3 Å². The maximum absolute atomic E-state index is 12.8. The minimum Gasteiger partial charge on any atom is -0.495 e. The van der Waals surface area contributed by atoms with Gasteiger partial charge in [-0.05, 0) is 30.7 Å². The van der Waals surface area contributed by atoms with Crippen LogP contribution in [0, 0.1) is 12.8 Å². The number of carbonyl (C=O) groups is 2. The Morgan fingerprint density at radius 2 is 1.76 bits per heavy atom. The summed E-state index contributed by atoms with van der Waals surface area (Å²) in [5.74, 6) is 0.511. The van der Waals surface area contributed by atoms with Crippen molar-refractivity contribution in [1.29, 1.82) is 0 Å². The number of rotatable bonds is 6. The highest BCUT2D eigenvalue weighted by molar-refractivity contribution is 6.32. The molecule has 0 spiro atoms. The van der Waals surface area contributed by atoms with E-state index in [-0.39, 0.29) is 24.8 Å². The van der Waals surface area contributed by atoms with Crippen molar-refractivity contribution in [2.24, 2.45) is 5.92 Å². The summed E-state index contributed by atoms with van der Waals surface area (Å²) < 4.78 is 15.9. The number of aryl methyl sites for hydroxylation is 1. The molecule has 0 aromatic heterocycles. The summed E-state index contributed by atoms with van der Waals surface area (Å²) >= 11 is 6.23. The third-order valence-electron chi connectivity index (χ3n) is 4.85. The van der Waals surface area contributed by atoms with E-state index in [0.717, 1.165) is 5.56 Å². The van der Waals surface area contributed by atoms with Gasteiger partial charge in [0.15, 0.2) is 0 Å². The van der Waals surface area contributed by atoms with Gasteiger partial charge in [-0.15, -0.1) is 0 Å². The Hall–Kier alpha value is -2.93. The topological polar surface area (TPSA) is 77.1 Å². The standard InChI is InChI=1S/C21H23ClN2O5/c1-12-5-6-17(27-2)15(7-12)23-21(26)13-8-20(25)24(11-13)16-9-14(22)18(28-3)10-19(16)29-4/h5-7,9-10,13H,8,11H2,1-4H3,(H,23,26)/t13-/m1/s1. The predicted octanol–water partition coefficient (Wildman–Crippen LogP) is 3.67. The van der Waals surface area contributed by atoms with Crippen molar-refractivity contribution >= 4 is 34.8 Å². The van der Waals surface area contributed by atoms with Crippen LogP contribution in [0.5, 0.6) is 17.2 Å². The molecule has 0 bridgehead atoms. The van der Waals surface area contributed by atoms with Crippen LogP contribution in [0.4, 0.5) is 11.4 Å². The minimum atomic E-state index is -0.515. The summed E-state index contributed by atoms with van der Waals surface area (Å²) in [6, 6.07) is 8.75. The van der Waals surface area contributed by atoms with Crippen LogP contribution in [-0.2, 0) is 9.59 Å². The Morgan fingerprint density at radius 1 is 1.07 bits per heavy atom. The van der Waals surface area contributed by atoms with E-state index in [4.69, 9.17) is 25.8 Å². The highest BCUT2D eigenvalue weighted by atomic mass is 35.5. The summed E-state index contributed by atoms with van der Waals surface area (Å²) in [5.41, 5.74) is 2.07. The molecule has 0 unspecified atom stereocenters. The first-order valence-corrected chi connectivity index (χ1v) is 9.43. The number of ether oxygens (including phenoxy) is 3. The number of amides is 2. The van der Waals surface area contributed by atoms with Gasteiger partial charge >= 0.3 is 0 Å². The predicted molar refractivity (Wildman–Crippen MR) is 111 cm³/mol. The van der Waals surface area contributed by atoms with Gasteiger partial charge in [-0.1, -0.05) is 17.7 Å². The molecule has 1 aliphatic heterocycles. The van der Waals surface area contributed by atoms with Crippen LogP contribution in [-0.4, -0.2) is 39.7 Å². The second kappa shape index (κ2) is 8.61. The van der Waals surface area contributed by atoms with Crippen LogP contribution in [0.25, 0.3) is 0 Å². The number of hydrogen-bond donors (Lipinski definition) is 1. The van der Waals surface area contributed by atoms with E-state index in [1.54, 1.807) is 25.3 Å². The van der Waals surface area contributed by atoms with Gasteiger partial charge in [0.05, 0.1) is 43.6 Å². The maximum atomic E-state index is 12.8. The maximum Gasteiger partial charge on any atom is 0.229 e. The molecule has 1 atom stereocenters. The Balaban J connectivity index is 1.81. The lowest BCUT2D eigenvalue weighted by molar-refractivity contribution is -0.122. The van der Waals surface area contributed by atoms with E-state index in [9.17, 15) is 9.59 Å². The number of nitrogens with one attached hydrogen (secondary N) is 1. The van der Waals surface area contributed by atoms with Gasteiger partial charge in [-0.2, -0.15) is 0 Å². The largest absolute Gasteiger partial charge is 0.495 e. The van der Waals surface area contributed by atoms with E-state index < -0.39 is 5.92 Å². The molecule has 1 aliphatic rings. The van der Waals surface area contributed by atoms with Crippen LogP contribution < -0.4 is 24.4 Å². The molecule has 0 saturated carbocycles. The molecule has 1 saturated heterocycles. The molecule has 1 heterocycles. The van der Waals surface area contributed by atoms with Crippen LogP contribution in [0.3, 0.4) is 0 Å². The molecule has 1 fully saturated rings. The van der Waals surface area contributed by atoms with E-state index in [1.807, 2.05) is 19.1 Å². The molecule has 29 heavy (non-hydrogen) atoms. The van der Waals surface area contributed by atoms with Gasteiger partial charge < -0.3 is 24.4 Å². The lowest BCUT2D eigenvalue weighted by Crippen LogP contribution is -2.28. The molecular formula is C21H23ClN2O5. The zero-order valence-corrected chi connectivity index (χ0v) is 17.5. The number of anilines is 2. The fourth-order valence-electron chi connectivity index (χ4n) is 3.33. The van der Waals surface area contributed by atoms with Gasteiger partial charge in [0.25, 0.3) is 0 Å². The van der Waals surface area contributed by atoms with Crippen molar-refractivity contribution in [2.45, 2.75) is 13.3 Å². The first kappa shape index (κ1) is 20.8. The fourth-order valence-corrected chi connectivity index (χ4v) is 3.56. The number of benzene rings is 2. The average molecular weight is 419 g/mol. The number of halogens is 1. The van der Waals surface area contributed by atoms with Crippen LogP contribution >= 0.6 is 11.6 Å². The summed E-state index contributed by atoms with van der Waals surface area (Å²) in [5, 5.41) is 3.23. The third-order valence-corrected chi connectivity index (χ3v) is 5.15. The van der Waals surface area contributed by atoms with Gasteiger partial charge in [-0.3, -0.25) is 9.59 Å². The van der Waals surface area contributed by atoms with Gasteiger partial charge in [0.1, 0.15) is 17.2 Å². The quantitative estimate of drug-likeness (QED) is 0.774. The molecule has 2 amide bonds. The molecule has 7 nitrogen and oxygen atoms in total. The number of methoxy groups -OCH3 is 3. The van der Waals surface area contributed by atoms with Crippen molar-refractivity contribution in [3.63, 3.8) is 0 Å². The van der Waals surface area contributed by atoms with Gasteiger partial charge in [-0.25, -0.2) is 0 Å². The molecule has 8 heteroatoms. The van der Waals surface area contributed by atoms with Crippen molar-refractivity contribution in [3.05, 3.63) is 40.9 Å². The molecule has 154 valence electrons. The molecule has 2 aromatic carbocycles. The van der Waals surface area contributed by atoms with Crippen molar-refractivity contribution in [3.8, 4) is 17.2 Å². The first-order chi connectivity index (χ1) is 13.9. The van der Waals surface area contributed by atoms with Crippen molar-refractivity contribution < 1.29 is 23.8 Å². The van der Waals surface area contributed by atoms with E-state index in [1.165, 1.54) is 19.1 Å². The van der Waals surface area contributed by atoms with E-state index >= 15 is 0 Å². The van der Waals surface area contributed by atoms with Crippen LogP contribution in [0.2, 0.25) is 5.02 Å². The minimum absolute atomic E-state index is 0.0900. The SMILES string of the molecule is COc1cc(OC)c(N2C[C@H](C(=O)Nc3cc(C)ccc3OC)CC2=O)cc1Cl. The molecular weight excluding hydrogens is 396 g/mol. The van der Waals surface area contributed by atoms with Gasteiger partial charge in [0.2, 0.25) is 11.8 Å².